The molecule has 7 rings (SSSR count). The molecule has 11 heteroatoms. The second kappa shape index (κ2) is 8.43. The molecule has 0 radical (unpaired) electrons. The normalized spacial score (nSPS) is 18.7. The molecule has 2 aromatic heterocycles. The Morgan fingerprint density at radius 2 is 1.73 bits per heavy atom. The molecule has 0 fully saturated rings. The van der Waals surface area contributed by atoms with Crippen LogP contribution in [0.4, 0.5) is 13.2 Å². The Morgan fingerprint density at radius 1 is 1.00 bits per heavy atom. The number of aliphatic hydroxyl groups is 1. The first-order chi connectivity index (χ1) is 19.2. The third-order valence-electron chi connectivity index (χ3n) is 7.67. The Kier molecular flexibility index (Phi) is 5.14. The standard InChI is InChI=1S/C29H19F3N2O6/c1-2-29(37)18-8-22-26-16(10-34(22)27(35)17(18)11-38-28(29)36)14(4-3-13-5-19(30)25(32)20(31)6-13)15-7-23-24(40-12-39-23)9-21(15)33-26/h3-9,37H,2,10-12H2,1H3/b4-3+/t29-/m0/s1. The van der Waals surface area contributed by atoms with Gasteiger partial charge < -0.3 is 23.9 Å². The molecule has 3 aliphatic heterocycles. The largest absolute Gasteiger partial charge is 0.458 e. The first-order valence-corrected chi connectivity index (χ1v) is 12.5. The molecule has 202 valence electrons. The van der Waals surface area contributed by atoms with E-state index in [4.69, 9.17) is 19.2 Å². The van der Waals surface area contributed by atoms with Crippen molar-refractivity contribution in [2.75, 3.05) is 6.79 Å². The van der Waals surface area contributed by atoms with Crippen LogP contribution in [0.2, 0.25) is 0 Å². The Hall–Kier alpha value is -4.64. The molecule has 0 unspecified atom stereocenters. The molecule has 5 heterocycles. The number of halogens is 3. The maximum atomic E-state index is 13.9. The summed E-state index contributed by atoms with van der Waals surface area (Å²) >= 11 is 0. The Labute approximate surface area is 223 Å². The van der Waals surface area contributed by atoms with E-state index in [1.165, 1.54) is 10.6 Å². The minimum Gasteiger partial charge on any atom is -0.458 e. The lowest BCUT2D eigenvalue weighted by Crippen LogP contribution is -2.44. The van der Waals surface area contributed by atoms with Gasteiger partial charge in [0.05, 0.1) is 29.0 Å². The summed E-state index contributed by atoms with van der Waals surface area (Å²) < 4.78 is 59.0. The minimum atomic E-state index is -1.98. The fourth-order valence-corrected chi connectivity index (χ4v) is 5.54. The fraction of sp³-hybridized carbons (Fsp3) is 0.207. The minimum absolute atomic E-state index is 0.00197. The molecule has 1 N–H and O–H groups in total. The van der Waals surface area contributed by atoms with Crippen LogP contribution in [0.1, 0.15) is 41.2 Å². The van der Waals surface area contributed by atoms with Gasteiger partial charge in [0.2, 0.25) is 6.79 Å². The number of aromatic nitrogens is 2. The Bertz CT molecular complexity index is 1880. The van der Waals surface area contributed by atoms with E-state index in [9.17, 15) is 27.9 Å². The number of hydrogen-bond donors (Lipinski definition) is 1. The molecule has 0 spiro atoms. The van der Waals surface area contributed by atoms with E-state index < -0.39 is 34.6 Å². The van der Waals surface area contributed by atoms with Crippen molar-refractivity contribution < 1.29 is 37.3 Å². The van der Waals surface area contributed by atoms with Crippen LogP contribution in [-0.4, -0.2) is 27.4 Å². The SMILES string of the molecule is CC[C@@]1(O)C(=O)OCc2c1cc1n(c2=O)Cc2c-1nc1cc3c(cc1c2/C=C/c1cc(F)c(F)c(F)c1)OCO3. The topological polar surface area (TPSA) is 99.9 Å². The van der Waals surface area contributed by atoms with Gasteiger partial charge in [0.25, 0.3) is 5.56 Å². The van der Waals surface area contributed by atoms with Crippen LogP contribution >= 0.6 is 0 Å². The van der Waals surface area contributed by atoms with Crippen molar-refractivity contribution in [2.24, 2.45) is 0 Å². The summed E-state index contributed by atoms with van der Waals surface area (Å²) in [6.45, 7) is 1.48. The zero-order valence-corrected chi connectivity index (χ0v) is 20.9. The van der Waals surface area contributed by atoms with Gasteiger partial charge in [-0.15, -0.1) is 0 Å². The van der Waals surface area contributed by atoms with Crippen molar-refractivity contribution in [1.82, 2.24) is 9.55 Å². The third kappa shape index (κ3) is 3.33. The number of nitrogens with zero attached hydrogens (tertiary/aromatic N) is 2. The van der Waals surface area contributed by atoms with E-state index in [1.807, 2.05) is 0 Å². The predicted molar refractivity (Wildman–Crippen MR) is 136 cm³/mol. The third-order valence-corrected chi connectivity index (χ3v) is 7.67. The second-order valence-corrected chi connectivity index (χ2v) is 9.81. The van der Waals surface area contributed by atoms with Crippen molar-refractivity contribution in [3.63, 3.8) is 0 Å². The number of esters is 1. The number of carbonyl (C=O) groups excluding carboxylic acids is 1. The molecule has 0 amide bonds. The van der Waals surface area contributed by atoms with Crippen molar-refractivity contribution in [2.45, 2.75) is 32.1 Å². The molecular weight excluding hydrogens is 529 g/mol. The number of fused-ring (bicyclic) bond motifs is 6. The quantitative estimate of drug-likeness (QED) is 0.264. The summed E-state index contributed by atoms with van der Waals surface area (Å²) in [5.74, 6) is -4.08. The summed E-state index contributed by atoms with van der Waals surface area (Å²) in [7, 11) is 0. The maximum absolute atomic E-state index is 13.9. The lowest BCUT2D eigenvalue weighted by molar-refractivity contribution is -0.172. The van der Waals surface area contributed by atoms with Crippen LogP contribution in [0, 0.1) is 17.5 Å². The number of rotatable bonds is 3. The predicted octanol–water partition coefficient (Wildman–Crippen LogP) is 4.40. The van der Waals surface area contributed by atoms with E-state index in [0.29, 0.717) is 44.9 Å². The molecule has 2 aromatic carbocycles. The van der Waals surface area contributed by atoms with Crippen LogP contribution in [-0.2, 0) is 28.3 Å². The van der Waals surface area contributed by atoms with Crippen molar-refractivity contribution in [3.8, 4) is 22.9 Å². The van der Waals surface area contributed by atoms with Gasteiger partial charge in [-0.25, -0.2) is 22.9 Å². The molecule has 0 saturated carbocycles. The highest BCUT2D eigenvalue weighted by atomic mass is 19.2. The second-order valence-electron chi connectivity index (χ2n) is 9.81. The van der Waals surface area contributed by atoms with E-state index in [-0.39, 0.29) is 43.1 Å². The molecule has 4 aromatic rings. The zero-order chi connectivity index (χ0) is 27.9. The van der Waals surface area contributed by atoms with Gasteiger partial charge in [-0.3, -0.25) is 4.79 Å². The van der Waals surface area contributed by atoms with Gasteiger partial charge >= 0.3 is 5.97 Å². The summed E-state index contributed by atoms with van der Waals surface area (Å²) in [5.41, 5.74) is 0.560. The summed E-state index contributed by atoms with van der Waals surface area (Å²) in [6.07, 6.45) is 3.05. The number of pyridine rings is 2. The average Bonchev–Trinajstić information content (AvgIpc) is 3.55. The van der Waals surface area contributed by atoms with Crippen LogP contribution in [0.5, 0.6) is 11.5 Å². The van der Waals surface area contributed by atoms with Gasteiger partial charge in [-0.1, -0.05) is 19.1 Å². The molecule has 8 nitrogen and oxygen atoms in total. The highest BCUT2D eigenvalue weighted by molar-refractivity contribution is 5.97. The first-order valence-electron chi connectivity index (χ1n) is 12.5. The van der Waals surface area contributed by atoms with Gasteiger partial charge in [-0.05, 0) is 41.8 Å². The number of carbonyl (C=O) groups is 1. The van der Waals surface area contributed by atoms with Gasteiger partial charge in [0.15, 0.2) is 34.6 Å². The average molecular weight is 548 g/mol. The van der Waals surface area contributed by atoms with Crippen LogP contribution in [0.3, 0.4) is 0 Å². The number of cyclic esters (lactones) is 1. The zero-order valence-electron chi connectivity index (χ0n) is 20.9. The van der Waals surface area contributed by atoms with Crippen molar-refractivity contribution in [1.29, 1.82) is 0 Å². The van der Waals surface area contributed by atoms with E-state index >= 15 is 0 Å². The molecule has 0 bridgehead atoms. The molecular formula is C29H19F3N2O6. The monoisotopic (exact) mass is 548 g/mol. The van der Waals surface area contributed by atoms with Gasteiger partial charge in [0, 0.05) is 22.6 Å². The smallest absolute Gasteiger partial charge is 0.343 e. The van der Waals surface area contributed by atoms with Crippen LogP contribution < -0.4 is 15.0 Å². The highest BCUT2D eigenvalue weighted by Crippen LogP contribution is 2.43. The van der Waals surface area contributed by atoms with E-state index in [0.717, 1.165) is 12.1 Å². The van der Waals surface area contributed by atoms with Crippen LogP contribution in [0.15, 0.2) is 35.1 Å². The van der Waals surface area contributed by atoms with E-state index in [1.54, 1.807) is 31.2 Å². The Balaban J connectivity index is 1.48. The van der Waals surface area contributed by atoms with Crippen LogP contribution in [0.25, 0.3) is 34.4 Å². The summed E-state index contributed by atoms with van der Waals surface area (Å²) in [4.78, 5) is 30.9. The van der Waals surface area contributed by atoms with Crippen molar-refractivity contribution >= 4 is 29.0 Å². The fourth-order valence-electron chi connectivity index (χ4n) is 5.54. The lowest BCUT2D eigenvalue weighted by atomic mass is 9.86. The van der Waals surface area contributed by atoms with Gasteiger partial charge in [-0.2, -0.15) is 0 Å². The Morgan fingerprint density at radius 3 is 2.45 bits per heavy atom. The van der Waals surface area contributed by atoms with Gasteiger partial charge in [0.1, 0.15) is 6.61 Å². The number of ether oxygens (including phenoxy) is 3. The molecule has 0 saturated heterocycles. The molecule has 0 aliphatic carbocycles. The highest BCUT2D eigenvalue weighted by Gasteiger charge is 2.45. The number of hydrogen-bond acceptors (Lipinski definition) is 7. The molecule has 40 heavy (non-hydrogen) atoms. The molecule has 1 atom stereocenters. The summed E-state index contributed by atoms with van der Waals surface area (Å²) in [5, 5.41) is 11.8. The van der Waals surface area contributed by atoms with Crippen molar-refractivity contribution in [3.05, 3.63) is 86.0 Å². The molecule has 3 aliphatic rings. The number of benzene rings is 2. The van der Waals surface area contributed by atoms with E-state index in [2.05, 4.69) is 0 Å². The first kappa shape index (κ1) is 24.4. The lowest BCUT2D eigenvalue weighted by Gasteiger charge is -2.31. The summed E-state index contributed by atoms with van der Waals surface area (Å²) in [6, 6.07) is 6.77. The maximum Gasteiger partial charge on any atom is 0.343 e.